The summed E-state index contributed by atoms with van der Waals surface area (Å²) >= 11 is 7.22. The van der Waals surface area contributed by atoms with E-state index in [0.29, 0.717) is 28.1 Å². The number of benzene rings is 2. The highest BCUT2D eigenvalue weighted by Gasteiger charge is 2.22. The number of nitrogens with zero attached hydrogens (tertiary/aromatic N) is 3. The summed E-state index contributed by atoms with van der Waals surface area (Å²) in [4.78, 5) is 12.5. The molecule has 150 valence electrons. The molecule has 0 spiro atoms. The Hall–Kier alpha value is -2.22. The van der Waals surface area contributed by atoms with Crippen LogP contribution in [0.5, 0.6) is 0 Å². The zero-order valence-corrected chi connectivity index (χ0v) is 17.1. The van der Waals surface area contributed by atoms with E-state index in [9.17, 15) is 9.18 Å². The second-order valence-corrected chi connectivity index (χ2v) is 8.16. The Labute approximate surface area is 177 Å². The van der Waals surface area contributed by atoms with E-state index in [0.717, 1.165) is 25.0 Å². The molecule has 1 aliphatic rings. The Morgan fingerprint density at radius 1 is 1.17 bits per heavy atom. The number of carbonyl (C=O) groups is 1. The van der Waals surface area contributed by atoms with Crippen LogP contribution in [0.3, 0.4) is 0 Å². The normalized spacial score (nSPS) is 16.3. The molecule has 4 rings (SSSR count). The molecule has 0 saturated carbocycles. The molecule has 2 aromatic carbocycles. The molecule has 1 atom stereocenters. The molecular weight excluding hydrogens is 413 g/mol. The zero-order valence-electron chi connectivity index (χ0n) is 15.6. The van der Waals surface area contributed by atoms with Crippen molar-refractivity contribution < 1.29 is 13.9 Å². The predicted molar refractivity (Wildman–Crippen MR) is 111 cm³/mol. The van der Waals surface area contributed by atoms with E-state index in [1.807, 2.05) is 4.57 Å². The highest BCUT2D eigenvalue weighted by molar-refractivity contribution is 7.99. The number of Topliss-reactive ketones (excluding diaryl/α,β-unsaturated/α-hetero) is 1. The number of hydrogen-bond acceptors (Lipinski definition) is 5. The fourth-order valence-corrected chi connectivity index (χ4v) is 4.18. The average Bonchev–Trinajstić information content (AvgIpc) is 3.38. The van der Waals surface area contributed by atoms with Crippen molar-refractivity contribution in [1.82, 2.24) is 14.8 Å². The van der Waals surface area contributed by atoms with Gasteiger partial charge in [-0.25, -0.2) is 4.39 Å². The quantitative estimate of drug-likeness (QED) is 0.393. The monoisotopic (exact) mass is 431 g/mol. The molecule has 1 unspecified atom stereocenters. The van der Waals surface area contributed by atoms with Crippen molar-refractivity contribution in [3.8, 4) is 11.4 Å². The van der Waals surface area contributed by atoms with Crippen molar-refractivity contribution in [3.63, 3.8) is 0 Å². The van der Waals surface area contributed by atoms with Gasteiger partial charge in [-0.15, -0.1) is 10.2 Å². The molecule has 1 fully saturated rings. The highest BCUT2D eigenvalue weighted by Crippen LogP contribution is 2.27. The van der Waals surface area contributed by atoms with Gasteiger partial charge in [-0.05, 0) is 61.4 Å². The second-order valence-electron chi connectivity index (χ2n) is 6.78. The lowest BCUT2D eigenvalue weighted by atomic mass is 10.1. The minimum atomic E-state index is -0.304. The van der Waals surface area contributed by atoms with Crippen LogP contribution >= 0.6 is 23.4 Å². The summed E-state index contributed by atoms with van der Waals surface area (Å²) in [6, 6.07) is 13.0. The maximum atomic E-state index is 13.3. The Balaban J connectivity index is 1.55. The van der Waals surface area contributed by atoms with Gasteiger partial charge in [-0.3, -0.25) is 9.36 Å². The number of aromatic nitrogens is 3. The van der Waals surface area contributed by atoms with Gasteiger partial charge >= 0.3 is 0 Å². The smallest absolute Gasteiger partial charge is 0.192 e. The lowest BCUT2D eigenvalue weighted by Crippen LogP contribution is -2.17. The largest absolute Gasteiger partial charge is 0.376 e. The van der Waals surface area contributed by atoms with Crippen LogP contribution in [0, 0.1) is 5.82 Å². The molecule has 1 saturated heterocycles. The van der Waals surface area contributed by atoms with Crippen molar-refractivity contribution >= 4 is 29.1 Å². The standard InChI is InChI=1S/C21H19ClFN3O2S/c22-16-7-3-14(4-8-16)19(27)13-29-21-25-24-20(15-5-9-17(23)10-6-15)26(21)12-18-2-1-11-28-18/h3-10,18H,1-2,11-13H2. The van der Waals surface area contributed by atoms with Gasteiger partial charge in [0.05, 0.1) is 18.4 Å². The predicted octanol–water partition coefficient (Wildman–Crippen LogP) is 4.89. The third kappa shape index (κ3) is 4.86. The summed E-state index contributed by atoms with van der Waals surface area (Å²) in [5.41, 5.74) is 1.37. The summed E-state index contributed by atoms with van der Waals surface area (Å²) in [6.45, 7) is 1.34. The van der Waals surface area contributed by atoms with Crippen molar-refractivity contribution in [2.45, 2.75) is 30.6 Å². The van der Waals surface area contributed by atoms with Gasteiger partial charge in [-0.1, -0.05) is 23.4 Å². The number of hydrogen-bond donors (Lipinski definition) is 0. The van der Waals surface area contributed by atoms with E-state index in [-0.39, 0.29) is 23.5 Å². The number of rotatable bonds is 7. The average molecular weight is 432 g/mol. The maximum Gasteiger partial charge on any atom is 0.192 e. The molecule has 1 aliphatic heterocycles. The van der Waals surface area contributed by atoms with Crippen molar-refractivity contribution in [3.05, 3.63) is 64.9 Å². The fourth-order valence-electron chi connectivity index (χ4n) is 3.21. The SMILES string of the molecule is O=C(CSc1nnc(-c2ccc(F)cc2)n1CC1CCCO1)c1ccc(Cl)cc1. The first kappa shape index (κ1) is 20.1. The first-order valence-corrected chi connectivity index (χ1v) is 10.7. The van der Waals surface area contributed by atoms with E-state index >= 15 is 0 Å². The molecule has 5 nitrogen and oxygen atoms in total. The number of halogens is 2. The Morgan fingerprint density at radius 2 is 1.93 bits per heavy atom. The zero-order chi connectivity index (χ0) is 20.2. The third-order valence-corrected chi connectivity index (χ3v) is 5.95. The van der Waals surface area contributed by atoms with Crippen LogP contribution in [0.4, 0.5) is 4.39 Å². The summed E-state index contributed by atoms with van der Waals surface area (Å²) in [5, 5.41) is 9.83. The van der Waals surface area contributed by atoms with Gasteiger partial charge in [0.25, 0.3) is 0 Å². The molecule has 0 amide bonds. The first-order chi connectivity index (χ1) is 14.1. The second kappa shape index (κ2) is 9.07. The van der Waals surface area contributed by atoms with E-state index in [1.54, 1.807) is 36.4 Å². The van der Waals surface area contributed by atoms with E-state index in [2.05, 4.69) is 10.2 Å². The van der Waals surface area contributed by atoms with Crippen LogP contribution in [0.25, 0.3) is 11.4 Å². The maximum absolute atomic E-state index is 13.3. The van der Waals surface area contributed by atoms with Gasteiger partial charge < -0.3 is 4.74 Å². The van der Waals surface area contributed by atoms with Crippen LogP contribution in [0.15, 0.2) is 53.7 Å². The van der Waals surface area contributed by atoms with E-state index < -0.39 is 0 Å². The number of ketones is 1. The van der Waals surface area contributed by atoms with Crippen molar-refractivity contribution in [1.29, 1.82) is 0 Å². The van der Waals surface area contributed by atoms with Gasteiger partial charge in [-0.2, -0.15) is 0 Å². The Morgan fingerprint density at radius 3 is 2.62 bits per heavy atom. The molecule has 2 heterocycles. The molecule has 0 bridgehead atoms. The number of thioether (sulfide) groups is 1. The van der Waals surface area contributed by atoms with Gasteiger partial charge in [0, 0.05) is 22.8 Å². The summed E-state index contributed by atoms with van der Waals surface area (Å²) in [7, 11) is 0. The van der Waals surface area contributed by atoms with Crippen LogP contribution in [0.1, 0.15) is 23.2 Å². The van der Waals surface area contributed by atoms with E-state index in [4.69, 9.17) is 16.3 Å². The summed E-state index contributed by atoms with van der Waals surface area (Å²) in [6.07, 6.45) is 2.07. The topological polar surface area (TPSA) is 57.0 Å². The minimum absolute atomic E-state index is 0.0123. The molecule has 0 N–H and O–H groups in total. The molecule has 8 heteroatoms. The third-order valence-electron chi connectivity index (χ3n) is 4.73. The van der Waals surface area contributed by atoms with Crippen LogP contribution in [-0.4, -0.2) is 39.0 Å². The Kier molecular flexibility index (Phi) is 6.28. The fraction of sp³-hybridized carbons (Fsp3) is 0.286. The summed E-state index contributed by atoms with van der Waals surface area (Å²) in [5.74, 6) is 0.556. The van der Waals surface area contributed by atoms with Crippen molar-refractivity contribution in [2.24, 2.45) is 0 Å². The minimum Gasteiger partial charge on any atom is -0.376 e. The Bertz CT molecular complexity index is 986. The van der Waals surface area contributed by atoms with Gasteiger partial charge in [0.15, 0.2) is 16.8 Å². The molecule has 0 radical (unpaired) electrons. The number of ether oxygens (including phenoxy) is 1. The first-order valence-electron chi connectivity index (χ1n) is 9.32. The van der Waals surface area contributed by atoms with Gasteiger partial charge in [0.1, 0.15) is 5.82 Å². The lowest BCUT2D eigenvalue weighted by Gasteiger charge is -2.14. The molecule has 29 heavy (non-hydrogen) atoms. The van der Waals surface area contributed by atoms with E-state index in [1.165, 1.54) is 23.9 Å². The van der Waals surface area contributed by atoms with Gasteiger partial charge in [0.2, 0.25) is 0 Å². The molecule has 0 aliphatic carbocycles. The molecular formula is C21H19ClFN3O2S. The summed E-state index contributed by atoms with van der Waals surface area (Å²) < 4.78 is 21.1. The van der Waals surface area contributed by atoms with Crippen LogP contribution < -0.4 is 0 Å². The molecule has 1 aromatic heterocycles. The number of carbonyl (C=O) groups excluding carboxylic acids is 1. The van der Waals surface area contributed by atoms with Crippen molar-refractivity contribution in [2.75, 3.05) is 12.4 Å². The van der Waals surface area contributed by atoms with Crippen LogP contribution in [-0.2, 0) is 11.3 Å². The lowest BCUT2D eigenvalue weighted by molar-refractivity contribution is 0.0953. The van der Waals surface area contributed by atoms with Crippen LogP contribution in [0.2, 0.25) is 5.02 Å². The highest BCUT2D eigenvalue weighted by atomic mass is 35.5. The molecule has 3 aromatic rings.